The molecule has 0 radical (unpaired) electrons. The van der Waals surface area contributed by atoms with E-state index in [1.54, 1.807) is 12.1 Å². The molecule has 0 amide bonds. The van der Waals surface area contributed by atoms with Crippen LogP contribution in [-0.2, 0) is 13.6 Å². The van der Waals surface area contributed by atoms with Gasteiger partial charge in [-0.15, -0.1) is 0 Å². The highest BCUT2D eigenvalue weighted by atomic mass is 19.1. The largest absolute Gasteiger partial charge is 0.348 e. The number of para-hydroxylation sites is 1. The van der Waals surface area contributed by atoms with E-state index in [1.165, 1.54) is 22.7 Å². The minimum Gasteiger partial charge on any atom is -0.348 e. The molecule has 5 heteroatoms. The summed E-state index contributed by atoms with van der Waals surface area (Å²) >= 11 is 0. The van der Waals surface area contributed by atoms with Crippen molar-refractivity contribution in [3.8, 4) is 0 Å². The van der Waals surface area contributed by atoms with Crippen LogP contribution in [0.4, 0.5) is 10.2 Å². The first-order valence-corrected chi connectivity index (χ1v) is 10.6. The van der Waals surface area contributed by atoms with Crippen molar-refractivity contribution in [3.05, 3.63) is 71.7 Å². The number of nitrogens with zero attached hydrogens (tertiary/aromatic N) is 3. The number of nitrogens with two attached hydrogens (primary N) is 1. The van der Waals surface area contributed by atoms with E-state index >= 15 is 0 Å². The quantitative estimate of drug-likeness (QED) is 0.519. The van der Waals surface area contributed by atoms with Crippen molar-refractivity contribution in [2.24, 2.45) is 12.8 Å². The normalized spacial score (nSPS) is 19.1. The maximum Gasteiger partial charge on any atom is 0.130 e. The highest BCUT2D eigenvalue weighted by molar-refractivity contribution is 5.84. The second-order valence-electron chi connectivity index (χ2n) is 8.57. The second kappa shape index (κ2) is 7.40. The van der Waals surface area contributed by atoms with E-state index in [9.17, 15) is 4.39 Å². The molecule has 1 aliphatic carbocycles. The Morgan fingerprint density at radius 1 is 1.13 bits per heavy atom. The third-order valence-electron chi connectivity index (χ3n) is 6.53. The summed E-state index contributed by atoms with van der Waals surface area (Å²) in [7, 11) is 2.12. The van der Waals surface area contributed by atoms with Crippen LogP contribution in [0.1, 0.15) is 30.5 Å². The van der Waals surface area contributed by atoms with Crippen LogP contribution < -0.4 is 10.6 Å². The molecule has 2 unspecified atom stereocenters. The first-order chi connectivity index (χ1) is 14.5. The van der Waals surface area contributed by atoms with Gasteiger partial charge in [0.25, 0.3) is 0 Å². The summed E-state index contributed by atoms with van der Waals surface area (Å²) in [6.45, 7) is 2.80. The van der Waals surface area contributed by atoms with Gasteiger partial charge in [0.05, 0.1) is 12.1 Å². The van der Waals surface area contributed by atoms with E-state index in [1.807, 2.05) is 6.92 Å². The van der Waals surface area contributed by atoms with Crippen LogP contribution in [0.2, 0.25) is 0 Å². The fourth-order valence-electron chi connectivity index (χ4n) is 4.84. The molecule has 1 saturated carbocycles. The first-order valence-electron chi connectivity index (χ1n) is 10.6. The van der Waals surface area contributed by atoms with Crippen molar-refractivity contribution in [1.29, 1.82) is 0 Å². The summed E-state index contributed by atoms with van der Waals surface area (Å²) in [5.41, 5.74) is 10.6. The lowest BCUT2D eigenvalue weighted by molar-refractivity contribution is 0.577. The Morgan fingerprint density at radius 2 is 1.97 bits per heavy atom. The monoisotopic (exact) mass is 402 g/mol. The maximum atomic E-state index is 13.7. The van der Waals surface area contributed by atoms with Gasteiger partial charge >= 0.3 is 0 Å². The maximum absolute atomic E-state index is 13.7. The average Bonchev–Trinajstić information content (AvgIpc) is 3.30. The zero-order valence-corrected chi connectivity index (χ0v) is 17.5. The summed E-state index contributed by atoms with van der Waals surface area (Å²) < 4.78 is 16.0. The molecule has 1 fully saturated rings. The summed E-state index contributed by atoms with van der Waals surface area (Å²) in [6.07, 6.45) is 3.06. The van der Waals surface area contributed by atoms with E-state index in [-0.39, 0.29) is 11.9 Å². The lowest BCUT2D eigenvalue weighted by Crippen LogP contribution is -2.35. The Labute approximate surface area is 176 Å². The summed E-state index contributed by atoms with van der Waals surface area (Å²) in [5.74, 6) is 0.713. The standard InChI is InChI=1S/C25H27FN4/c1-16-11-25(28-23-10-7-18(26)13-22(16)23)30(20-9-8-19(27)14-20)15-21-12-17-5-3-4-6-24(17)29(21)2/h3-7,10-13,19-20H,8-9,14-15,27H2,1-2H3. The zero-order valence-electron chi connectivity index (χ0n) is 17.5. The summed E-state index contributed by atoms with van der Waals surface area (Å²) in [6, 6.07) is 18.2. The van der Waals surface area contributed by atoms with Crippen molar-refractivity contribution >= 4 is 27.6 Å². The lowest BCUT2D eigenvalue weighted by Gasteiger charge is -2.31. The van der Waals surface area contributed by atoms with Gasteiger partial charge in [-0.2, -0.15) is 0 Å². The van der Waals surface area contributed by atoms with Gasteiger partial charge in [-0.05, 0) is 73.5 Å². The number of halogens is 1. The van der Waals surface area contributed by atoms with Crippen molar-refractivity contribution in [1.82, 2.24) is 9.55 Å². The number of benzene rings is 2. The number of rotatable bonds is 4. The Hall–Kier alpha value is -2.92. The predicted octanol–water partition coefficient (Wildman–Crippen LogP) is 5.06. The van der Waals surface area contributed by atoms with Gasteiger partial charge in [-0.25, -0.2) is 9.37 Å². The number of pyridine rings is 1. The van der Waals surface area contributed by atoms with Crippen LogP contribution in [-0.4, -0.2) is 21.6 Å². The van der Waals surface area contributed by atoms with E-state index in [0.717, 1.165) is 48.1 Å². The summed E-state index contributed by atoms with van der Waals surface area (Å²) in [4.78, 5) is 7.34. The highest BCUT2D eigenvalue weighted by Crippen LogP contribution is 2.32. The average molecular weight is 403 g/mol. The van der Waals surface area contributed by atoms with Gasteiger partial charge in [-0.3, -0.25) is 0 Å². The molecule has 0 spiro atoms. The SMILES string of the molecule is Cc1cc(N(Cc2cc3ccccc3n2C)C2CCC(N)C2)nc2ccc(F)cc12. The second-order valence-corrected chi connectivity index (χ2v) is 8.57. The molecule has 0 aliphatic heterocycles. The van der Waals surface area contributed by atoms with Gasteiger partial charge in [0.1, 0.15) is 11.6 Å². The molecule has 2 N–H and O–H groups in total. The molecule has 2 aromatic carbocycles. The molecular formula is C25H27FN4. The van der Waals surface area contributed by atoms with Gasteiger partial charge in [0.2, 0.25) is 0 Å². The zero-order chi connectivity index (χ0) is 20.8. The Morgan fingerprint density at radius 3 is 2.73 bits per heavy atom. The van der Waals surface area contributed by atoms with Crippen LogP contribution in [0, 0.1) is 12.7 Å². The minimum atomic E-state index is -0.228. The minimum absolute atomic E-state index is 0.228. The molecule has 0 saturated heterocycles. The number of fused-ring (bicyclic) bond motifs is 2. The molecule has 154 valence electrons. The van der Waals surface area contributed by atoms with Crippen LogP contribution in [0.25, 0.3) is 21.8 Å². The van der Waals surface area contributed by atoms with Crippen molar-refractivity contribution in [2.45, 2.75) is 44.8 Å². The number of anilines is 1. The molecule has 30 heavy (non-hydrogen) atoms. The number of hydrogen-bond acceptors (Lipinski definition) is 3. The Balaban J connectivity index is 1.59. The predicted molar refractivity (Wildman–Crippen MR) is 121 cm³/mol. The van der Waals surface area contributed by atoms with E-state index in [4.69, 9.17) is 10.7 Å². The van der Waals surface area contributed by atoms with E-state index < -0.39 is 0 Å². The molecule has 0 bridgehead atoms. The van der Waals surface area contributed by atoms with Crippen LogP contribution in [0.15, 0.2) is 54.6 Å². The topological polar surface area (TPSA) is 47.1 Å². The molecule has 2 heterocycles. The number of hydrogen-bond donors (Lipinski definition) is 1. The molecular weight excluding hydrogens is 375 g/mol. The lowest BCUT2D eigenvalue weighted by atomic mass is 10.1. The molecule has 1 aliphatic rings. The molecule has 2 atom stereocenters. The fourth-order valence-corrected chi connectivity index (χ4v) is 4.84. The molecule has 4 aromatic rings. The fraction of sp³-hybridized carbons (Fsp3) is 0.320. The number of aromatic nitrogens is 2. The van der Waals surface area contributed by atoms with E-state index in [0.29, 0.717) is 6.04 Å². The van der Waals surface area contributed by atoms with Crippen LogP contribution in [0.5, 0.6) is 0 Å². The third-order valence-corrected chi connectivity index (χ3v) is 6.53. The molecule has 2 aromatic heterocycles. The van der Waals surface area contributed by atoms with Crippen molar-refractivity contribution in [2.75, 3.05) is 4.90 Å². The van der Waals surface area contributed by atoms with Gasteiger partial charge < -0.3 is 15.2 Å². The smallest absolute Gasteiger partial charge is 0.130 e. The van der Waals surface area contributed by atoms with Crippen molar-refractivity contribution in [3.63, 3.8) is 0 Å². The molecule has 5 rings (SSSR count). The highest BCUT2D eigenvalue weighted by Gasteiger charge is 2.29. The van der Waals surface area contributed by atoms with Crippen molar-refractivity contribution < 1.29 is 4.39 Å². The Kier molecular flexibility index (Phi) is 4.70. The third kappa shape index (κ3) is 3.33. The van der Waals surface area contributed by atoms with Gasteiger partial charge in [0.15, 0.2) is 0 Å². The van der Waals surface area contributed by atoms with Gasteiger partial charge in [0, 0.05) is 35.7 Å². The first kappa shape index (κ1) is 19.1. The molecule has 4 nitrogen and oxygen atoms in total. The van der Waals surface area contributed by atoms with Crippen LogP contribution in [0.3, 0.4) is 0 Å². The number of aryl methyl sites for hydroxylation is 2. The van der Waals surface area contributed by atoms with Gasteiger partial charge in [-0.1, -0.05) is 18.2 Å². The summed E-state index contributed by atoms with van der Waals surface area (Å²) in [5, 5.41) is 2.11. The Bertz CT molecular complexity index is 1230. The van der Waals surface area contributed by atoms with Crippen LogP contribution >= 0.6 is 0 Å². The van der Waals surface area contributed by atoms with E-state index in [2.05, 4.69) is 52.9 Å².